The molecule has 50 heavy (non-hydrogen) atoms. The molecule has 0 aromatic heterocycles. The van der Waals surface area contributed by atoms with Crippen molar-refractivity contribution in [3.63, 3.8) is 0 Å². The first-order chi connectivity index (χ1) is 24.4. The van der Waals surface area contributed by atoms with E-state index in [1.165, 1.54) is 32.2 Å². The molecule has 1 rings (SSSR count). The third-order valence-corrected chi connectivity index (χ3v) is 4.83. The molecule has 1 aromatic rings. The fourth-order valence-corrected chi connectivity index (χ4v) is 2.92. The predicted molar refractivity (Wildman–Crippen MR) is 221 cm³/mol. The van der Waals surface area contributed by atoms with Gasteiger partial charge in [-0.1, -0.05) is 63.6 Å². The molecular weight excluding hydrogens is 628 g/mol. The first-order valence-corrected chi connectivity index (χ1v) is 15.5. The maximum Gasteiger partial charge on any atom is 0.348 e. The molecule has 0 aliphatic rings. The van der Waals surface area contributed by atoms with Crippen LogP contribution in [0.15, 0.2) is 160 Å². The third-order valence-electron chi connectivity index (χ3n) is 4.83. The van der Waals surface area contributed by atoms with E-state index in [9.17, 15) is 19.2 Å². The highest BCUT2D eigenvalue weighted by Crippen LogP contribution is 2.27. The Labute approximate surface area is 306 Å². The van der Waals surface area contributed by atoms with Crippen LogP contribution in [-0.2, 0) is 28.7 Å². The van der Waals surface area contributed by atoms with Crippen molar-refractivity contribution in [2.45, 2.75) is 77.9 Å². The lowest BCUT2D eigenvalue weighted by Crippen LogP contribution is -2.46. The van der Waals surface area contributed by atoms with E-state index in [-0.39, 0.29) is 17.6 Å². The van der Waals surface area contributed by atoms with Crippen molar-refractivity contribution in [3.8, 4) is 5.75 Å². The SMILES string of the molecule is C=C.C=C.C=C.C=C.C=C.C=C.C=C.C=C.C=C.CCCCCCCCCC(COC(=O)C(C)=C=O)(OC(=O)C(C)=C=O)Oc1ccccc1. The van der Waals surface area contributed by atoms with Crippen molar-refractivity contribution in [2.75, 3.05) is 6.61 Å². The smallest absolute Gasteiger partial charge is 0.348 e. The second-order valence-corrected chi connectivity index (χ2v) is 7.62. The maximum atomic E-state index is 12.4. The average molecular weight is 697 g/mol. The highest BCUT2D eigenvalue weighted by Gasteiger charge is 2.39. The first kappa shape index (κ1) is 66.8. The summed E-state index contributed by atoms with van der Waals surface area (Å²) >= 11 is 0. The van der Waals surface area contributed by atoms with Gasteiger partial charge >= 0.3 is 11.9 Å². The average Bonchev–Trinajstić information content (AvgIpc) is 3.23. The van der Waals surface area contributed by atoms with E-state index in [2.05, 4.69) is 125 Å². The van der Waals surface area contributed by atoms with Gasteiger partial charge in [-0.2, -0.15) is 0 Å². The van der Waals surface area contributed by atoms with Crippen molar-refractivity contribution in [1.82, 2.24) is 0 Å². The molecule has 0 saturated heterocycles. The molecule has 0 aliphatic heterocycles. The number of ether oxygens (including phenoxy) is 3. The third kappa shape index (κ3) is 44.6. The van der Waals surface area contributed by atoms with E-state index in [0.29, 0.717) is 12.2 Å². The Bertz CT molecular complexity index is 948. The molecule has 7 heteroatoms. The molecule has 0 N–H and O–H groups in total. The summed E-state index contributed by atoms with van der Waals surface area (Å²) in [6, 6.07) is 8.64. The minimum Gasteiger partial charge on any atom is -0.453 e. The summed E-state index contributed by atoms with van der Waals surface area (Å²) < 4.78 is 16.8. The van der Waals surface area contributed by atoms with Crippen LogP contribution in [0.1, 0.15) is 72.1 Å². The Hall–Kier alpha value is -5.48. The quantitative estimate of drug-likeness (QED) is 0.0449. The molecule has 0 amide bonds. The Morgan fingerprint density at radius 3 is 1.32 bits per heavy atom. The minimum absolute atomic E-state index is 0.227. The van der Waals surface area contributed by atoms with Crippen LogP contribution in [0, 0.1) is 0 Å². The number of rotatable bonds is 15. The summed E-state index contributed by atoms with van der Waals surface area (Å²) in [6.45, 7) is 58.3. The lowest BCUT2D eigenvalue weighted by Gasteiger charge is -2.33. The van der Waals surface area contributed by atoms with Crippen LogP contribution in [-0.4, -0.2) is 36.2 Å². The molecule has 1 aromatic carbocycles. The van der Waals surface area contributed by atoms with Gasteiger partial charge in [0, 0.05) is 6.42 Å². The first-order valence-electron chi connectivity index (χ1n) is 15.5. The number of carbonyl (C=O) groups is 2. The van der Waals surface area contributed by atoms with Crippen LogP contribution in [0.3, 0.4) is 0 Å². The van der Waals surface area contributed by atoms with Gasteiger partial charge < -0.3 is 14.2 Å². The van der Waals surface area contributed by atoms with Crippen LogP contribution in [0.4, 0.5) is 0 Å². The zero-order chi connectivity index (χ0) is 41.8. The zero-order valence-electron chi connectivity index (χ0n) is 31.8. The van der Waals surface area contributed by atoms with Gasteiger partial charge in [-0.05, 0) is 32.4 Å². The van der Waals surface area contributed by atoms with E-state index in [0.717, 1.165) is 32.1 Å². The molecule has 0 fully saturated rings. The molecule has 0 spiro atoms. The highest BCUT2D eigenvalue weighted by atomic mass is 16.7. The molecule has 1 unspecified atom stereocenters. The normalized spacial score (nSPS) is 8.38. The molecule has 0 aliphatic carbocycles. The van der Waals surface area contributed by atoms with Crippen molar-refractivity contribution >= 4 is 23.8 Å². The number of hydrogen-bond donors (Lipinski definition) is 0. The molecule has 282 valence electrons. The maximum absolute atomic E-state index is 12.4. The Morgan fingerprint density at radius 2 is 0.940 bits per heavy atom. The lowest BCUT2D eigenvalue weighted by atomic mass is 10.0. The second kappa shape index (κ2) is 66.0. The minimum atomic E-state index is -1.67. The van der Waals surface area contributed by atoms with Crippen molar-refractivity contribution < 1.29 is 33.4 Å². The summed E-state index contributed by atoms with van der Waals surface area (Å²) in [7, 11) is 0. The molecular formula is C43H68O7. The lowest BCUT2D eigenvalue weighted by molar-refractivity contribution is -0.216. The van der Waals surface area contributed by atoms with Crippen LogP contribution in [0.25, 0.3) is 0 Å². The summed E-state index contributed by atoms with van der Waals surface area (Å²) in [5.41, 5.74) is -0.509. The topological polar surface area (TPSA) is 96.0 Å². The largest absolute Gasteiger partial charge is 0.453 e. The van der Waals surface area contributed by atoms with Gasteiger partial charge in [-0.3, -0.25) is 0 Å². The van der Waals surface area contributed by atoms with Crippen LogP contribution < -0.4 is 4.74 Å². The van der Waals surface area contributed by atoms with Crippen LogP contribution >= 0.6 is 0 Å². The van der Waals surface area contributed by atoms with Gasteiger partial charge in [0.2, 0.25) is 0 Å². The van der Waals surface area contributed by atoms with E-state index < -0.39 is 24.3 Å². The van der Waals surface area contributed by atoms with Gasteiger partial charge in [0.1, 0.15) is 28.8 Å². The Balaban J connectivity index is -0.000000115. The van der Waals surface area contributed by atoms with Gasteiger partial charge in [0.05, 0.1) is 0 Å². The monoisotopic (exact) mass is 696 g/mol. The van der Waals surface area contributed by atoms with Crippen molar-refractivity contribution in [3.05, 3.63) is 160 Å². The number of carbonyl (C=O) groups excluding carboxylic acids is 4. The number of esters is 2. The predicted octanol–water partition coefficient (Wildman–Crippen LogP) is 11.8. The standard InChI is InChI=1S/C25H32O7.9C2H4/c1-4-5-6-7-8-9-13-16-25(32-24(29)21(3)18-27,19-30-23(28)20(2)17-26)31-22-14-11-10-12-15-22;9*1-2/h10-12,14-15H,4-9,13,16,19H2,1-3H3;9*1-2H2. The summed E-state index contributed by atoms with van der Waals surface area (Å²) in [6.07, 6.45) is 7.35. The van der Waals surface area contributed by atoms with Crippen molar-refractivity contribution in [1.29, 1.82) is 0 Å². The zero-order valence-corrected chi connectivity index (χ0v) is 31.8. The molecule has 7 nitrogen and oxygen atoms in total. The van der Waals surface area contributed by atoms with Crippen LogP contribution in [0.5, 0.6) is 5.75 Å². The summed E-state index contributed by atoms with van der Waals surface area (Å²) in [4.78, 5) is 46.1. The van der Waals surface area contributed by atoms with E-state index in [4.69, 9.17) is 14.2 Å². The van der Waals surface area contributed by atoms with Crippen molar-refractivity contribution in [2.24, 2.45) is 0 Å². The number of unbranched alkanes of at least 4 members (excludes halogenated alkanes) is 6. The van der Waals surface area contributed by atoms with E-state index in [1.54, 1.807) is 30.3 Å². The number of benzene rings is 1. The molecule has 0 bridgehead atoms. The van der Waals surface area contributed by atoms with Crippen LogP contribution in [0.2, 0.25) is 0 Å². The molecule has 1 atom stereocenters. The van der Waals surface area contributed by atoms with Gasteiger partial charge in [-0.25, -0.2) is 19.2 Å². The molecule has 0 heterocycles. The molecule has 0 radical (unpaired) electrons. The second-order valence-electron chi connectivity index (χ2n) is 7.62. The number of para-hydroxylation sites is 1. The summed E-state index contributed by atoms with van der Waals surface area (Å²) in [5.74, 6) is -0.0822. The van der Waals surface area contributed by atoms with E-state index >= 15 is 0 Å². The van der Waals surface area contributed by atoms with Gasteiger partial charge in [0.25, 0.3) is 5.79 Å². The Morgan fingerprint density at radius 1 is 0.580 bits per heavy atom. The molecule has 0 saturated carbocycles. The fraction of sp³-hybridized carbons (Fsp3) is 0.302. The highest BCUT2D eigenvalue weighted by molar-refractivity contribution is 5.96. The van der Waals surface area contributed by atoms with E-state index in [1.807, 2.05) is 0 Å². The Kier molecular flexibility index (Phi) is 88.3. The summed E-state index contributed by atoms with van der Waals surface area (Å²) in [5, 5.41) is 0. The fourth-order valence-electron chi connectivity index (χ4n) is 2.92. The van der Waals surface area contributed by atoms with Gasteiger partial charge in [0.15, 0.2) is 6.61 Å². The number of hydrogen-bond acceptors (Lipinski definition) is 7. The van der Waals surface area contributed by atoms with Gasteiger partial charge in [-0.15, -0.1) is 118 Å².